The second-order valence-electron chi connectivity index (χ2n) is 4.26. The molecular weight excluding hydrogens is 226 g/mol. The van der Waals surface area contributed by atoms with Crippen molar-refractivity contribution in [2.75, 3.05) is 13.1 Å². The molecule has 0 fully saturated rings. The third-order valence-electron chi connectivity index (χ3n) is 3.08. The lowest BCUT2D eigenvalue weighted by Crippen LogP contribution is -2.28. The summed E-state index contributed by atoms with van der Waals surface area (Å²) in [5.74, 6) is 0.347. The van der Waals surface area contributed by atoms with E-state index in [2.05, 4.69) is 18.2 Å². The lowest BCUT2D eigenvalue weighted by molar-refractivity contribution is 0.0770. The van der Waals surface area contributed by atoms with Crippen molar-refractivity contribution in [1.29, 1.82) is 0 Å². The van der Waals surface area contributed by atoms with E-state index in [1.807, 2.05) is 18.2 Å². The van der Waals surface area contributed by atoms with Gasteiger partial charge in [-0.25, -0.2) is 0 Å². The average Bonchev–Trinajstić information content (AvgIpc) is 3.10. The Morgan fingerprint density at radius 2 is 1.94 bits per heavy atom. The van der Waals surface area contributed by atoms with Gasteiger partial charge in [-0.1, -0.05) is 36.4 Å². The lowest BCUT2D eigenvalue weighted by Gasteiger charge is -2.14. The van der Waals surface area contributed by atoms with E-state index >= 15 is 0 Å². The normalized spacial score (nSPS) is 14.7. The van der Waals surface area contributed by atoms with Crippen LogP contribution in [-0.4, -0.2) is 23.9 Å². The first kappa shape index (κ1) is 10.8. The quantitative estimate of drug-likeness (QED) is 0.807. The van der Waals surface area contributed by atoms with Gasteiger partial charge in [0.1, 0.15) is 0 Å². The van der Waals surface area contributed by atoms with Gasteiger partial charge >= 0.3 is 0 Å². The number of benzene rings is 1. The summed E-state index contributed by atoms with van der Waals surface area (Å²) in [6, 6.07) is 13.6. The van der Waals surface area contributed by atoms with Crippen molar-refractivity contribution in [2.45, 2.75) is 0 Å². The predicted octanol–water partition coefficient (Wildman–Crippen LogP) is 2.82. The highest BCUT2D eigenvalue weighted by molar-refractivity contribution is 5.93. The van der Waals surface area contributed by atoms with Crippen LogP contribution in [0.5, 0.6) is 0 Å². The largest absolute Gasteiger partial charge is 0.459 e. The molecule has 90 valence electrons. The minimum Gasteiger partial charge on any atom is -0.459 e. The Morgan fingerprint density at radius 1 is 1.11 bits per heavy atom. The van der Waals surface area contributed by atoms with Crippen LogP contribution in [0.3, 0.4) is 0 Å². The highest BCUT2D eigenvalue weighted by Crippen LogP contribution is 2.22. The van der Waals surface area contributed by atoms with Gasteiger partial charge in [-0.15, -0.1) is 0 Å². The molecule has 1 aromatic carbocycles. The maximum absolute atomic E-state index is 12.1. The molecule has 3 rings (SSSR count). The molecule has 0 bridgehead atoms. The van der Waals surface area contributed by atoms with Crippen LogP contribution >= 0.6 is 0 Å². The van der Waals surface area contributed by atoms with Crippen molar-refractivity contribution in [3.63, 3.8) is 0 Å². The summed E-state index contributed by atoms with van der Waals surface area (Å²) in [5.41, 5.74) is 2.36. The Morgan fingerprint density at radius 3 is 2.67 bits per heavy atom. The number of hydrogen-bond acceptors (Lipinski definition) is 2. The summed E-state index contributed by atoms with van der Waals surface area (Å²) in [6.45, 7) is 1.29. The van der Waals surface area contributed by atoms with Gasteiger partial charge in [0.15, 0.2) is 5.76 Å². The molecule has 0 spiro atoms. The molecule has 2 aromatic rings. The molecule has 0 atom stereocenters. The van der Waals surface area contributed by atoms with Crippen LogP contribution < -0.4 is 0 Å². The van der Waals surface area contributed by atoms with Gasteiger partial charge in [-0.05, 0) is 23.3 Å². The second-order valence-corrected chi connectivity index (χ2v) is 4.26. The molecule has 0 N–H and O–H groups in total. The molecule has 3 heteroatoms. The number of rotatable bonds is 2. The number of carbonyl (C=O) groups is 1. The maximum Gasteiger partial charge on any atom is 0.290 e. The van der Waals surface area contributed by atoms with Crippen LogP contribution in [-0.2, 0) is 0 Å². The molecule has 0 aliphatic carbocycles. The lowest BCUT2D eigenvalue weighted by atomic mass is 10.1. The van der Waals surface area contributed by atoms with Gasteiger partial charge in [0, 0.05) is 13.1 Å². The zero-order valence-electron chi connectivity index (χ0n) is 9.87. The summed E-state index contributed by atoms with van der Waals surface area (Å²) >= 11 is 0. The smallest absolute Gasteiger partial charge is 0.290 e. The van der Waals surface area contributed by atoms with Gasteiger partial charge in [0.2, 0.25) is 0 Å². The van der Waals surface area contributed by atoms with E-state index in [1.165, 1.54) is 17.4 Å². The van der Waals surface area contributed by atoms with Gasteiger partial charge < -0.3 is 9.32 Å². The van der Waals surface area contributed by atoms with E-state index in [1.54, 1.807) is 17.0 Å². The van der Waals surface area contributed by atoms with E-state index in [9.17, 15) is 4.79 Å². The molecule has 1 aliphatic heterocycles. The monoisotopic (exact) mass is 239 g/mol. The topological polar surface area (TPSA) is 33.5 Å². The molecule has 18 heavy (non-hydrogen) atoms. The van der Waals surface area contributed by atoms with Gasteiger partial charge in [0.05, 0.1) is 6.26 Å². The highest BCUT2D eigenvalue weighted by Gasteiger charge is 2.22. The van der Waals surface area contributed by atoms with Crippen LogP contribution in [0.4, 0.5) is 0 Å². The first-order valence-corrected chi connectivity index (χ1v) is 5.92. The molecule has 0 radical (unpaired) electrons. The third-order valence-corrected chi connectivity index (χ3v) is 3.08. The van der Waals surface area contributed by atoms with E-state index < -0.39 is 0 Å². The summed E-state index contributed by atoms with van der Waals surface area (Å²) in [7, 11) is 0. The summed E-state index contributed by atoms with van der Waals surface area (Å²) in [5, 5.41) is 0. The Kier molecular flexibility index (Phi) is 2.73. The zero-order chi connectivity index (χ0) is 12.4. The number of furan rings is 1. The molecule has 0 saturated carbocycles. The van der Waals surface area contributed by atoms with E-state index in [-0.39, 0.29) is 5.91 Å². The van der Waals surface area contributed by atoms with Crippen molar-refractivity contribution >= 4 is 11.5 Å². The Labute approximate surface area is 105 Å². The molecule has 0 saturated heterocycles. The van der Waals surface area contributed by atoms with Crippen LogP contribution in [0, 0.1) is 0 Å². The second kappa shape index (κ2) is 4.53. The molecule has 3 nitrogen and oxygen atoms in total. The maximum atomic E-state index is 12.1. The van der Waals surface area contributed by atoms with Gasteiger partial charge in [-0.3, -0.25) is 4.79 Å². The number of hydrogen-bond donors (Lipinski definition) is 0. The average molecular weight is 239 g/mol. The fraction of sp³-hybridized carbons (Fsp3) is 0.133. The number of nitrogens with zero attached hydrogens (tertiary/aromatic N) is 1. The molecule has 1 amide bonds. The molecule has 1 aromatic heterocycles. The minimum atomic E-state index is -0.0535. The summed E-state index contributed by atoms with van der Waals surface area (Å²) < 4.78 is 5.13. The predicted molar refractivity (Wildman–Crippen MR) is 69.0 cm³/mol. The van der Waals surface area contributed by atoms with Gasteiger partial charge in [0.25, 0.3) is 5.91 Å². The van der Waals surface area contributed by atoms with E-state index in [4.69, 9.17) is 4.42 Å². The van der Waals surface area contributed by atoms with Crippen LogP contribution in [0.2, 0.25) is 0 Å². The Bertz CT molecular complexity index is 570. The van der Waals surface area contributed by atoms with E-state index in [0.29, 0.717) is 18.8 Å². The standard InChI is InChI=1S/C15H13NO2/c17-15(14-7-4-10-18-14)16-9-8-13(11-16)12-5-2-1-3-6-12/h1-8,10H,9,11H2. The van der Waals surface area contributed by atoms with Crippen molar-refractivity contribution < 1.29 is 9.21 Å². The number of carbonyl (C=O) groups excluding carboxylic acids is 1. The molecule has 2 heterocycles. The van der Waals surface area contributed by atoms with E-state index in [0.717, 1.165) is 0 Å². The number of amides is 1. The van der Waals surface area contributed by atoms with Crippen LogP contribution in [0.25, 0.3) is 5.57 Å². The molecular formula is C15H13NO2. The third kappa shape index (κ3) is 1.95. The SMILES string of the molecule is O=C(c1ccco1)N1CC=C(c2ccccc2)C1. The first-order valence-electron chi connectivity index (χ1n) is 5.92. The minimum absolute atomic E-state index is 0.0535. The Hall–Kier alpha value is -2.29. The van der Waals surface area contributed by atoms with Crippen molar-refractivity contribution in [3.05, 3.63) is 66.1 Å². The first-order chi connectivity index (χ1) is 8.84. The van der Waals surface area contributed by atoms with Crippen molar-refractivity contribution in [1.82, 2.24) is 4.90 Å². The zero-order valence-corrected chi connectivity index (χ0v) is 9.87. The van der Waals surface area contributed by atoms with Crippen molar-refractivity contribution in [2.24, 2.45) is 0 Å². The summed E-state index contributed by atoms with van der Waals surface area (Å²) in [6.07, 6.45) is 3.62. The Balaban J connectivity index is 1.73. The molecule has 1 aliphatic rings. The van der Waals surface area contributed by atoms with Crippen molar-refractivity contribution in [3.8, 4) is 0 Å². The van der Waals surface area contributed by atoms with Crippen LogP contribution in [0.15, 0.2) is 59.2 Å². The highest BCUT2D eigenvalue weighted by atomic mass is 16.3. The fourth-order valence-corrected chi connectivity index (χ4v) is 2.13. The molecule has 0 unspecified atom stereocenters. The summed E-state index contributed by atoms with van der Waals surface area (Å²) in [4.78, 5) is 13.9. The fourth-order valence-electron chi connectivity index (χ4n) is 2.13. The van der Waals surface area contributed by atoms with Crippen LogP contribution in [0.1, 0.15) is 16.1 Å². The van der Waals surface area contributed by atoms with Gasteiger partial charge in [-0.2, -0.15) is 0 Å².